The molecule has 16 heavy (non-hydrogen) atoms. The minimum absolute atomic E-state index is 0.318. The summed E-state index contributed by atoms with van der Waals surface area (Å²) in [5.41, 5.74) is 4.15. The second-order valence-corrected chi connectivity index (χ2v) is 4.81. The third-order valence-corrected chi connectivity index (χ3v) is 3.22. The van der Waals surface area contributed by atoms with E-state index in [4.69, 9.17) is 17.4 Å². The average Bonchev–Trinajstić information content (AvgIpc) is 2.26. The van der Waals surface area contributed by atoms with Gasteiger partial charge < -0.3 is 0 Å². The normalized spacial score (nSPS) is 14.8. The Balaban J connectivity index is 2.62. The number of hydrogen-bond donors (Lipinski definition) is 2. The predicted octanol–water partition coefficient (Wildman–Crippen LogP) is 3.15. The Kier molecular flexibility index (Phi) is 5.81. The Morgan fingerprint density at radius 3 is 2.75 bits per heavy atom. The largest absolute Gasteiger partial charge is 0.271 e. The highest BCUT2D eigenvalue weighted by Crippen LogP contribution is 2.17. The van der Waals surface area contributed by atoms with Crippen LogP contribution in [-0.2, 0) is 6.42 Å². The Morgan fingerprint density at radius 1 is 1.44 bits per heavy atom. The van der Waals surface area contributed by atoms with Gasteiger partial charge in [-0.05, 0) is 36.5 Å². The first-order chi connectivity index (χ1) is 7.67. The zero-order chi connectivity index (χ0) is 12.0. The van der Waals surface area contributed by atoms with E-state index in [9.17, 15) is 0 Å². The minimum atomic E-state index is 0.318. The topological polar surface area (TPSA) is 38.0 Å². The fourth-order valence-corrected chi connectivity index (χ4v) is 2.21. The molecule has 0 amide bonds. The van der Waals surface area contributed by atoms with Crippen LogP contribution in [0.3, 0.4) is 0 Å². The molecule has 0 saturated carbocycles. The van der Waals surface area contributed by atoms with E-state index in [1.54, 1.807) is 0 Å². The van der Waals surface area contributed by atoms with Crippen molar-refractivity contribution in [1.29, 1.82) is 0 Å². The molecule has 1 aromatic carbocycles. The summed E-state index contributed by atoms with van der Waals surface area (Å²) in [6.45, 7) is 4.43. The van der Waals surface area contributed by atoms with Crippen LogP contribution in [0.4, 0.5) is 0 Å². The van der Waals surface area contributed by atoms with Crippen molar-refractivity contribution in [1.82, 2.24) is 5.43 Å². The van der Waals surface area contributed by atoms with Crippen molar-refractivity contribution in [3.63, 3.8) is 0 Å². The van der Waals surface area contributed by atoms with Crippen molar-refractivity contribution in [3.05, 3.63) is 34.9 Å². The number of rotatable bonds is 6. The van der Waals surface area contributed by atoms with Gasteiger partial charge in [-0.25, -0.2) is 0 Å². The SMILES string of the molecule is CCCC(C)C(Cc1cccc(Cl)c1)NN. The maximum absolute atomic E-state index is 5.96. The van der Waals surface area contributed by atoms with Gasteiger partial charge in [0, 0.05) is 11.1 Å². The van der Waals surface area contributed by atoms with Crippen molar-refractivity contribution in [3.8, 4) is 0 Å². The molecule has 0 aliphatic rings. The van der Waals surface area contributed by atoms with E-state index in [1.807, 2.05) is 18.2 Å². The van der Waals surface area contributed by atoms with Crippen LogP contribution >= 0.6 is 11.6 Å². The third-order valence-electron chi connectivity index (χ3n) is 2.99. The van der Waals surface area contributed by atoms with E-state index in [0.29, 0.717) is 12.0 Å². The van der Waals surface area contributed by atoms with Crippen LogP contribution in [0.15, 0.2) is 24.3 Å². The van der Waals surface area contributed by atoms with Gasteiger partial charge in [-0.1, -0.05) is 44.0 Å². The zero-order valence-corrected chi connectivity index (χ0v) is 10.8. The number of hydrazine groups is 1. The molecule has 2 nitrogen and oxygen atoms in total. The van der Waals surface area contributed by atoms with E-state index in [-0.39, 0.29) is 0 Å². The van der Waals surface area contributed by atoms with E-state index < -0.39 is 0 Å². The van der Waals surface area contributed by atoms with E-state index in [0.717, 1.165) is 11.4 Å². The quantitative estimate of drug-likeness (QED) is 0.592. The van der Waals surface area contributed by atoms with Crippen LogP contribution in [0, 0.1) is 5.92 Å². The molecule has 0 spiro atoms. The number of nitrogens with one attached hydrogen (secondary N) is 1. The number of hydrogen-bond acceptors (Lipinski definition) is 2. The molecule has 0 radical (unpaired) electrons. The van der Waals surface area contributed by atoms with Gasteiger partial charge in [-0.15, -0.1) is 0 Å². The maximum atomic E-state index is 5.96. The monoisotopic (exact) mass is 240 g/mol. The molecule has 0 aliphatic heterocycles. The summed E-state index contributed by atoms with van der Waals surface area (Å²) in [7, 11) is 0. The molecule has 0 fully saturated rings. The third kappa shape index (κ3) is 4.12. The lowest BCUT2D eigenvalue weighted by Gasteiger charge is -2.23. The van der Waals surface area contributed by atoms with Crippen LogP contribution in [0.25, 0.3) is 0 Å². The van der Waals surface area contributed by atoms with Crippen molar-refractivity contribution < 1.29 is 0 Å². The van der Waals surface area contributed by atoms with Gasteiger partial charge in [0.15, 0.2) is 0 Å². The van der Waals surface area contributed by atoms with Gasteiger partial charge in [-0.2, -0.15) is 0 Å². The molecule has 3 heteroatoms. The first kappa shape index (κ1) is 13.5. The highest BCUT2D eigenvalue weighted by Gasteiger charge is 2.15. The Bertz CT molecular complexity index is 315. The van der Waals surface area contributed by atoms with Gasteiger partial charge in [0.05, 0.1) is 0 Å². The first-order valence-corrected chi connectivity index (χ1v) is 6.25. The first-order valence-electron chi connectivity index (χ1n) is 5.88. The molecule has 90 valence electrons. The Morgan fingerprint density at radius 2 is 2.19 bits per heavy atom. The van der Waals surface area contributed by atoms with Gasteiger partial charge in [-0.3, -0.25) is 11.3 Å². The Hall–Kier alpha value is -0.570. The number of nitrogens with two attached hydrogens (primary N) is 1. The fourth-order valence-electron chi connectivity index (χ4n) is 2.00. The van der Waals surface area contributed by atoms with E-state index in [1.165, 1.54) is 18.4 Å². The second kappa shape index (κ2) is 6.89. The van der Waals surface area contributed by atoms with Crippen molar-refractivity contribution in [2.24, 2.45) is 11.8 Å². The molecule has 2 atom stereocenters. The molecule has 1 aromatic rings. The summed E-state index contributed by atoms with van der Waals surface area (Å²) in [6, 6.07) is 8.29. The molecule has 2 unspecified atom stereocenters. The summed E-state index contributed by atoms with van der Waals surface area (Å²) in [5.74, 6) is 6.18. The van der Waals surface area contributed by atoms with Crippen LogP contribution in [0.1, 0.15) is 32.3 Å². The molecule has 0 aromatic heterocycles. The van der Waals surface area contributed by atoms with Crippen LogP contribution in [0.5, 0.6) is 0 Å². The molecule has 0 saturated heterocycles. The molecule has 3 N–H and O–H groups in total. The van der Waals surface area contributed by atoms with Gasteiger partial charge in [0.2, 0.25) is 0 Å². The maximum Gasteiger partial charge on any atom is 0.0408 e. The van der Waals surface area contributed by atoms with Gasteiger partial charge in [0.1, 0.15) is 0 Å². The highest BCUT2D eigenvalue weighted by atomic mass is 35.5. The summed E-state index contributed by atoms with van der Waals surface area (Å²) < 4.78 is 0. The minimum Gasteiger partial charge on any atom is -0.271 e. The Labute approximate surface area is 103 Å². The van der Waals surface area contributed by atoms with Crippen molar-refractivity contribution >= 4 is 11.6 Å². The molecule has 0 heterocycles. The summed E-state index contributed by atoms with van der Waals surface area (Å²) in [5, 5.41) is 0.788. The summed E-state index contributed by atoms with van der Waals surface area (Å²) >= 11 is 5.96. The van der Waals surface area contributed by atoms with Crippen LogP contribution in [0.2, 0.25) is 5.02 Å². The van der Waals surface area contributed by atoms with Crippen molar-refractivity contribution in [2.45, 2.75) is 39.2 Å². The van der Waals surface area contributed by atoms with Crippen molar-refractivity contribution in [2.75, 3.05) is 0 Å². The highest BCUT2D eigenvalue weighted by molar-refractivity contribution is 6.30. The smallest absolute Gasteiger partial charge is 0.0408 e. The molecule has 0 bridgehead atoms. The summed E-state index contributed by atoms with van der Waals surface area (Å²) in [4.78, 5) is 0. The lowest BCUT2D eigenvalue weighted by Crippen LogP contribution is -2.41. The molecule has 0 aliphatic carbocycles. The molecule has 1 rings (SSSR count). The van der Waals surface area contributed by atoms with Crippen LogP contribution in [-0.4, -0.2) is 6.04 Å². The van der Waals surface area contributed by atoms with E-state index >= 15 is 0 Å². The lowest BCUT2D eigenvalue weighted by molar-refractivity contribution is 0.357. The van der Waals surface area contributed by atoms with Gasteiger partial charge >= 0.3 is 0 Å². The van der Waals surface area contributed by atoms with E-state index in [2.05, 4.69) is 25.3 Å². The molecular weight excluding hydrogens is 220 g/mol. The van der Waals surface area contributed by atoms with Gasteiger partial charge in [0.25, 0.3) is 0 Å². The molecular formula is C13H21ClN2. The van der Waals surface area contributed by atoms with Crippen LogP contribution < -0.4 is 11.3 Å². The fraction of sp³-hybridized carbons (Fsp3) is 0.538. The predicted molar refractivity (Wildman–Crippen MR) is 70.3 cm³/mol. The number of halogens is 1. The standard InChI is InChI=1S/C13H21ClN2/c1-3-5-10(2)13(16-15)9-11-6-4-7-12(14)8-11/h4,6-8,10,13,16H,3,5,9,15H2,1-2H3. The second-order valence-electron chi connectivity index (χ2n) is 4.37. The lowest BCUT2D eigenvalue weighted by atomic mass is 9.92. The average molecular weight is 241 g/mol. The number of benzene rings is 1. The summed E-state index contributed by atoms with van der Waals surface area (Å²) in [6.07, 6.45) is 3.31. The zero-order valence-electron chi connectivity index (χ0n) is 10.0.